The Labute approximate surface area is 77.0 Å². The van der Waals surface area contributed by atoms with Crippen LogP contribution in [0.2, 0.25) is 0 Å². The van der Waals surface area contributed by atoms with Gasteiger partial charge in [-0.1, -0.05) is 6.08 Å². The molecule has 0 bridgehead atoms. The van der Waals surface area contributed by atoms with Crippen molar-refractivity contribution in [3.63, 3.8) is 0 Å². The fraction of sp³-hybridized carbons (Fsp3) is 0.333. The van der Waals surface area contributed by atoms with Crippen molar-refractivity contribution < 1.29 is 4.79 Å². The number of hydrogen-bond donors (Lipinski definition) is 1. The standard InChI is InChI=1S/C9H13N3O/c1-2-3-4-7-12-8(9(10)13)5-6-11-12/h2,5-6H,1,3-4,7H2,(H2,10,13). The van der Waals surface area contributed by atoms with Crippen LogP contribution in [0.3, 0.4) is 0 Å². The second-order valence-electron chi connectivity index (χ2n) is 2.73. The van der Waals surface area contributed by atoms with Crippen molar-refractivity contribution in [2.75, 3.05) is 0 Å². The summed E-state index contributed by atoms with van der Waals surface area (Å²) in [7, 11) is 0. The average molecular weight is 179 g/mol. The van der Waals surface area contributed by atoms with Crippen LogP contribution in [0.15, 0.2) is 24.9 Å². The van der Waals surface area contributed by atoms with Gasteiger partial charge in [-0.25, -0.2) is 0 Å². The number of rotatable bonds is 5. The van der Waals surface area contributed by atoms with E-state index in [9.17, 15) is 4.79 Å². The van der Waals surface area contributed by atoms with Gasteiger partial charge in [0, 0.05) is 12.7 Å². The molecule has 1 rings (SSSR count). The first kappa shape index (κ1) is 9.51. The minimum absolute atomic E-state index is 0.434. The molecule has 13 heavy (non-hydrogen) atoms. The number of nitrogens with two attached hydrogens (primary N) is 1. The molecule has 0 aliphatic rings. The van der Waals surface area contributed by atoms with E-state index >= 15 is 0 Å². The minimum atomic E-state index is -0.434. The monoisotopic (exact) mass is 179 g/mol. The molecule has 0 unspecified atom stereocenters. The summed E-state index contributed by atoms with van der Waals surface area (Å²) in [4.78, 5) is 10.9. The quantitative estimate of drug-likeness (QED) is 0.540. The summed E-state index contributed by atoms with van der Waals surface area (Å²) in [5.74, 6) is -0.434. The van der Waals surface area contributed by atoms with Crippen molar-refractivity contribution in [3.8, 4) is 0 Å². The van der Waals surface area contributed by atoms with Gasteiger partial charge in [0.1, 0.15) is 5.69 Å². The molecule has 4 heteroatoms. The highest BCUT2D eigenvalue weighted by Crippen LogP contribution is 2.00. The van der Waals surface area contributed by atoms with E-state index in [4.69, 9.17) is 5.73 Å². The molecule has 1 aromatic heterocycles. The number of carbonyl (C=O) groups is 1. The summed E-state index contributed by atoms with van der Waals surface area (Å²) in [6.07, 6.45) is 5.25. The lowest BCUT2D eigenvalue weighted by Gasteiger charge is -2.02. The van der Waals surface area contributed by atoms with Crippen LogP contribution in [-0.4, -0.2) is 15.7 Å². The van der Waals surface area contributed by atoms with Crippen LogP contribution < -0.4 is 5.73 Å². The van der Waals surface area contributed by atoms with Gasteiger partial charge in [-0.15, -0.1) is 6.58 Å². The van der Waals surface area contributed by atoms with Gasteiger partial charge in [-0.2, -0.15) is 5.10 Å². The van der Waals surface area contributed by atoms with Gasteiger partial charge in [0.15, 0.2) is 0 Å². The zero-order chi connectivity index (χ0) is 9.68. The maximum absolute atomic E-state index is 10.9. The number of primary amides is 1. The number of amides is 1. The molecule has 0 aliphatic heterocycles. The Morgan fingerprint density at radius 3 is 3.15 bits per heavy atom. The van der Waals surface area contributed by atoms with E-state index in [-0.39, 0.29) is 0 Å². The van der Waals surface area contributed by atoms with Crippen LogP contribution in [0.4, 0.5) is 0 Å². The normalized spacial score (nSPS) is 9.85. The van der Waals surface area contributed by atoms with Crippen LogP contribution in [0.5, 0.6) is 0 Å². The summed E-state index contributed by atoms with van der Waals surface area (Å²) in [5.41, 5.74) is 5.61. The smallest absolute Gasteiger partial charge is 0.266 e. The predicted octanol–water partition coefficient (Wildman–Crippen LogP) is 0.948. The summed E-state index contributed by atoms with van der Waals surface area (Å²) in [5, 5.41) is 3.99. The highest BCUT2D eigenvalue weighted by molar-refractivity contribution is 5.90. The van der Waals surface area contributed by atoms with Crippen LogP contribution in [-0.2, 0) is 6.54 Å². The highest BCUT2D eigenvalue weighted by atomic mass is 16.1. The largest absolute Gasteiger partial charge is 0.364 e. The van der Waals surface area contributed by atoms with Gasteiger partial charge < -0.3 is 5.73 Å². The molecule has 0 atom stereocenters. The molecule has 2 N–H and O–H groups in total. The number of nitrogens with zero attached hydrogens (tertiary/aromatic N) is 2. The molecule has 1 aromatic rings. The number of hydrogen-bond acceptors (Lipinski definition) is 2. The number of carbonyl (C=O) groups excluding carboxylic acids is 1. The Kier molecular flexibility index (Phi) is 3.25. The number of allylic oxidation sites excluding steroid dienone is 1. The molecular weight excluding hydrogens is 166 g/mol. The second kappa shape index (κ2) is 4.45. The van der Waals surface area contributed by atoms with E-state index in [1.807, 2.05) is 6.08 Å². The molecule has 0 spiro atoms. The maximum atomic E-state index is 10.9. The van der Waals surface area contributed by atoms with Gasteiger partial charge >= 0.3 is 0 Å². The zero-order valence-electron chi connectivity index (χ0n) is 7.44. The molecule has 0 saturated carbocycles. The number of unbranched alkanes of at least 4 members (excludes halogenated alkanes) is 1. The maximum Gasteiger partial charge on any atom is 0.266 e. The van der Waals surface area contributed by atoms with Gasteiger partial charge in [0.05, 0.1) is 0 Å². The molecule has 0 radical (unpaired) electrons. The molecule has 1 amide bonds. The van der Waals surface area contributed by atoms with Crippen molar-refractivity contribution in [2.45, 2.75) is 19.4 Å². The van der Waals surface area contributed by atoms with Crippen LogP contribution >= 0.6 is 0 Å². The lowest BCUT2D eigenvalue weighted by atomic mass is 10.3. The van der Waals surface area contributed by atoms with E-state index < -0.39 is 5.91 Å². The Morgan fingerprint density at radius 2 is 2.54 bits per heavy atom. The SMILES string of the molecule is C=CCCCn1nccc1C(N)=O. The van der Waals surface area contributed by atoms with Crippen LogP contribution in [0, 0.1) is 0 Å². The Balaban J connectivity index is 2.60. The van der Waals surface area contributed by atoms with Crippen LogP contribution in [0.1, 0.15) is 23.3 Å². The van der Waals surface area contributed by atoms with Crippen molar-refractivity contribution in [3.05, 3.63) is 30.6 Å². The Bertz CT molecular complexity index is 304. The third kappa shape index (κ3) is 2.43. The first-order chi connectivity index (χ1) is 6.25. The van der Waals surface area contributed by atoms with E-state index in [2.05, 4.69) is 11.7 Å². The van der Waals surface area contributed by atoms with E-state index in [0.29, 0.717) is 12.2 Å². The Morgan fingerprint density at radius 1 is 1.77 bits per heavy atom. The van der Waals surface area contributed by atoms with Crippen molar-refractivity contribution in [1.29, 1.82) is 0 Å². The lowest BCUT2D eigenvalue weighted by molar-refractivity contribution is 0.0990. The summed E-state index contributed by atoms with van der Waals surface area (Å²) in [6.45, 7) is 4.32. The minimum Gasteiger partial charge on any atom is -0.364 e. The van der Waals surface area contributed by atoms with Crippen LogP contribution in [0.25, 0.3) is 0 Å². The fourth-order valence-corrected chi connectivity index (χ4v) is 1.11. The highest BCUT2D eigenvalue weighted by Gasteiger charge is 2.06. The molecule has 1 heterocycles. The molecule has 0 aromatic carbocycles. The third-order valence-electron chi connectivity index (χ3n) is 1.75. The Hall–Kier alpha value is -1.58. The average Bonchev–Trinajstić information content (AvgIpc) is 2.53. The second-order valence-corrected chi connectivity index (χ2v) is 2.73. The summed E-state index contributed by atoms with van der Waals surface area (Å²) >= 11 is 0. The molecule has 4 nitrogen and oxygen atoms in total. The molecular formula is C9H13N3O. The molecule has 0 saturated heterocycles. The lowest BCUT2D eigenvalue weighted by Crippen LogP contribution is -2.17. The van der Waals surface area contributed by atoms with E-state index in [1.54, 1.807) is 16.9 Å². The summed E-state index contributed by atoms with van der Waals surface area (Å²) < 4.78 is 1.62. The molecule has 70 valence electrons. The molecule has 0 fully saturated rings. The van der Waals surface area contributed by atoms with E-state index in [1.165, 1.54) is 0 Å². The summed E-state index contributed by atoms with van der Waals surface area (Å²) in [6, 6.07) is 1.62. The zero-order valence-corrected chi connectivity index (χ0v) is 7.44. The van der Waals surface area contributed by atoms with Gasteiger partial charge in [-0.05, 0) is 18.9 Å². The third-order valence-corrected chi connectivity index (χ3v) is 1.75. The number of aromatic nitrogens is 2. The topological polar surface area (TPSA) is 60.9 Å². The van der Waals surface area contributed by atoms with Crippen molar-refractivity contribution >= 4 is 5.91 Å². The first-order valence-electron chi connectivity index (χ1n) is 4.18. The predicted molar refractivity (Wildman–Crippen MR) is 50.2 cm³/mol. The van der Waals surface area contributed by atoms with E-state index in [0.717, 1.165) is 12.8 Å². The van der Waals surface area contributed by atoms with Gasteiger partial charge in [-0.3, -0.25) is 9.48 Å². The first-order valence-corrected chi connectivity index (χ1v) is 4.18. The fourth-order valence-electron chi connectivity index (χ4n) is 1.11. The van der Waals surface area contributed by atoms with Gasteiger partial charge in [0.2, 0.25) is 0 Å². The molecule has 0 aliphatic carbocycles. The van der Waals surface area contributed by atoms with Crippen molar-refractivity contribution in [2.24, 2.45) is 5.73 Å². The van der Waals surface area contributed by atoms with Gasteiger partial charge in [0.25, 0.3) is 5.91 Å². The number of aryl methyl sites for hydroxylation is 1. The van der Waals surface area contributed by atoms with Crippen molar-refractivity contribution in [1.82, 2.24) is 9.78 Å².